The summed E-state index contributed by atoms with van der Waals surface area (Å²) in [6.45, 7) is 1.54. The van der Waals surface area contributed by atoms with Crippen LogP contribution in [0, 0.1) is 6.92 Å². The van der Waals surface area contributed by atoms with Gasteiger partial charge in [-0.3, -0.25) is 14.5 Å². The minimum Gasteiger partial charge on any atom is -0.325 e. The van der Waals surface area contributed by atoms with Crippen LogP contribution in [0.1, 0.15) is 16.7 Å². The number of hydrogen-bond donors (Lipinski definition) is 2. The van der Waals surface area contributed by atoms with E-state index in [2.05, 4.69) is 10.6 Å². The molecule has 6 heteroatoms. The first-order chi connectivity index (χ1) is 14.5. The van der Waals surface area contributed by atoms with Gasteiger partial charge >= 0.3 is 6.03 Å². The molecule has 6 nitrogen and oxygen atoms in total. The van der Waals surface area contributed by atoms with Crippen LogP contribution in [0.25, 0.3) is 0 Å². The molecule has 0 radical (unpaired) electrons. The van der Waals surface area contributed by atoms with E-state index in [0.29, 0.717) is 16.8 Å². The SMILES string of the molecule is Cc1cccc(NC(=O)CN2C(=O)NC(c3ccccc3)(c3ccccc3)C2=O)c1. The van der Waals surface area contributed by atoms with E-state index in [-0.39, 0.29) is 6.54 Å². The minimum atomic E-state index is -1.37. The van der Waals surface area contributed by atoms with Gasteiger partial charge in [-0.15, -0.1) is 0 Å². The van der Waals surface area contributed by atoms with Crippen molar-refractivity contribution in [2.45, 2.75) is 12.5 Å². The average Bonchev–Trinajstić information content (AvgIpc) is 3.00. The summed E-state index contributed by atoms with van der Waals surface area (Å²) in [5.41, 5.74) is 1.51. The van der Waals surface area contributed by atoms with Crippen molar-refractivity contribution in [3.8, 4) is 0 Å². The van der Waals surface area contributed by atoms with E-state index < -0.39 is 23.4 Å². The second-order valence-corrected chi connectivity index (χ2v) is 7.22. The van der Waals surface area contributed by atoms with Crippen molar-refractivity contribution < 1.29 is 14.4 Å². The normalized spacial score (nSPS) is 15.0. The Morgan fingerprint density at radius 2 is 1.50 bits per heavy atom. The molecule has 1 heterocycles. The lowest BCUT2D eigenvalue weighted by atomic mass is 9.82. The number of anilines is 1. The highest BCUT2D eigenvalue weighted by molar-refractivity contribution is 6.12. The van der Waals surface area contributed by atoms with Crippen LogP contribution in [0.5, 0.6) is 0 Å². The molecule has 4 amide bonds. The number of carbonyl (C=O) groups excluding carboxylic acids is 3. The third-order valence-corrected chi connectivity index (χ3v) is 5.12. The zero-order valence-corrected chi connectivity index (χ0v) is 16.5. The van der Waals surface area contributed by atoms with E-state index in [0.717, 1.165) is 10.5 Å². The molecule has 1 aliphatic heterocycles. The number of nitrogens with zero attached hydrogens (tertiary/aromatic N) is 1. The maximum atomic E-state index is 13.5. The Balaban J connectivity index is 1.65. The molecule has 1 aliphatic rings. The second-order valence-electron chi connectivity index (χ2n) is 7.22. The van der Waals surface area contributed by atoms with Gasteiger partial charge in [0.05, 0.1) is 0 Å². The molecule has 0 unspecified atom stereocenters. The zero-order chi connectivity index (χ0) is 21.1. The van der Waals surface area contributed by atoms with Gasteiger partial charge in [0.25, 0.3) is 5.91 Å². The maximum Gasteiger partial charge on any atom is 0.326 e. The van der Waals surface area contributed by atoms with Crippen LogP contribution in [-0.2, 0) is 15.1 Å². The quantitative estimate of drug-likeness (QED) is 0.645. The molecule has 0 aliphatic carbocycles. The van der Waals surface area contributed by atoms with Gasteiger partial charge in [-0.2, -0.15) is 0 Å². The molecule has 30 heavy (non-hydrogen) atoms. The van der Waals surface area contributed by atoms with Crippen molar-refractivity contribution >= 4 is 23.5 Å². The molecule has 1 fully saturated rings. The molecule has 1 saturated heterocycles. The number of imide groups is 1. The summed E-state index contributed by atoms with van der Waals surface area (Å²) >= 11 is 0. The molecule has 3 aromatic carbocycles. The first-order valence-corrected chi connectivity index (χ1v) is 9.62. The number of urea groups is 1. The molecule has 4 rings (SSSR count). The van der Waals surface area contributed by atoms with Crippen LogP contribution in [-0.4, -0.2) is 29.3 Å². The van der Waals surface area contributed by atoms with Crippen LogP contribution in [0.2, 0.25) is 0 Å². The first-order valence-electron chi connectivity index (χ1n) is 9.62. The number of amides is 4. The third-order valence-electron chi connectivity index (χ3n) is 5.12. The third kappa shape index (κ3) is 3.43. The van der Waals surface area contributed by atoms with Gasteiger partial charge in [0.15, 0.2) is 5.54 Å². The fourth-order valence-corrected chi connectivity index (χ4v) is 3.72. The number of benzene rings is 3. The molecule has 3 aromatic rings. The van der Waals surface area contributed by atoms with Crippen LogP contribution in [0.15, 0.2) is 84.9 Å². The van der Waals surface area contributed by atoms with Crippen LogP contribution in [0.4, 0.5) is 10.5 Å². The van der Waals surface area contributed by atoms with E-state index in [1.165, 1.54) is 0 Å². The fourth-order valence-electron chi connectivity index (χ4n) is 3.72. The Hall–Kier alpha value is -3.93. The van der Waals surface area contributed by atoms with Crippen molar-refractivity contribution in [3.05, 3.63) is 102 Å². The van der Waals surface area contributed by atoms with Crippen molar-refractivity contribution in [2.24, 2.45) is 0 Å². The predicted molar refractivity (Wildman–Crippen MR) is 114 cm³/mol. The van der Waals surface area contributed by atoms with Crippen molar-refractivity contribution in [2.75, 3.05) is 11.9 Å². The summed E-state index contributed by atoms with van der Waals surface area (Å²) < 4.78 is 0. The molecule has 2 N–H and O–H groups in total. The molecule has 0 spiro atoms. The zero-order valence-electron chi connectivity index (χ0n) is 16.5. The Labute approximate surface area is 174 Å². The van der Waals surface area contributed by atoms with Crippen LogP contribution >= 0.6 is 0 Å². The lowest BCUT2D eigenvalue weighted by molar-refractivity contribution is -0.133. The summed E-state index contributed by atoms with van der Waals surface area (Å²) in [6.07, 6.45) is 0. The molecule has 0 saturated carbocycles. The standard InChI is InChI=1S/C24H21N3O3/c1-17-9-8-14-20(15-17)25-21(28)16-27-22(29)24(26-23(27)30,18-10-4-2-5-11-18)19-12-6-3-7-13-19/h2-15H,16H2,1H3,(H,25,28)(H,26,30). The summed E-state index contributed by atoms with van der Waals surface area (Å²) in [6, 6.07) is 24.8. The lowest BCUT2D eigenvalue weighted by Crippen LogP contribution is -2.45. The van der Waals surface area contributed by atoms with Gasteiger partial charge in [0, 0.05) is 5.69 Å². The highest BCUT2D eigenvalue weighted by Gasteiger charge is 2.54. The molecular formula is C24H21N3O3. The van der Waals surface area contributed by atoms with Crippen LogP contribution in [0.3, 0.4) is 0 Å². The van der Waals surface area contributed by atoms with Crippen LogP contribution < -0.4 is 10.6 Å². The number of hydrogen-bond acceptors (Lipinski definition) is 3. The largest absolute Gasteiger partial charge is 0.326 e. The summed E-state index contributed by atoms with van der Waals surface area (Å²) in [4.78, 5) is 39.9. The molecule has 0 bridgehead atoms. The van der Waals surface area contributed by atoms with Crippen molar-refractivity contribution in [1.82, 2.24) is 10.2 Å². The predicted octanol–water partition coefficient (Wildman–Crippen LogP) is 3.43. The van der Waals surface area contributed by atoms with Gasteiger partial charge in [0.2, 0.25) is 5.91 Å². The summed E-state index contributed by atoms with van der Waals surface area (Å²) in [5, 5.41) is 5.58. The highest BCUT2D eigenvalue weighted by atomic mass is 16.2. The molecule has 0 aromatic heterocycles. The van der Waals surface area contributed by atoms with E-state index in [9.17, 15) is 14.4 Å². The van der Waals surface area contributed by atoms with Gasteiger partial charge in [-0.25, -0.2) is 4.79 Å². The first kappa shape index (κ1) is 19.4. The Kier molecular flexibility index (Phi) is 5.06. The summed E-state index contributed by atoms with van der Waals surface area (Å²) in [5.74, 6) is -0.926. The molecular weight excluding hydrogens is 378 g/mol. The van der Waals surface area contributed by atoms with Gasteiger partial charge in [0.1, 0.15) is 6.54 Å². The van der Waals surface area contributed by atoms with E-state index in [1.54, 1.807) is 30.3 Å². The van der Waals surface area contributed by atoms with E-state index in [4.69, 9.17) is 0 Å². The Morgan fingerprint density at radius 1 is 0.900 bits per heavy atom. The smallest absolute Gasteiger partial charge is 0.325 e. The number of nitrogens with one attached hydrogen (secondary N) is 2. The van der Waals surface area contributed by atoms with Gasteiger partial charge < -0.3 is 10.6 Å². The highest BCUT2D eigenvalue weighted by Crippen LogP contribution is 2.35. The number of aryl methyl sites for hydroxylation is 1. The van der Waals surface area contributed by atoms with E-state index >= 15 is 0 Å². The van der Waals surface area contributed by atoms with Crippen molar-refractivity contribution in [3.63, 3.8) is 0 Å². The van der Waals surface area contributed by atoms with E-state index in [1.807, 2.05) is 61.5 Å². The van der Waals surface area contributed by atoms with Gasteiger partial charge in [-0.1, -0.05) is 72.8 Å². The Bertz CT molecular complexity index is 1060. The van der Waals surface area contributed by atoms with Crippen molar-refractivity contribution in [1.29, 1.82) is 0 Å². The molecule has 0 atom stereocenters. The monoisotopic (exact) mass is 399 g/mol. The fraction of sp³-hybridized carbons (Fsp3) is 0.125. The Morgan fingerprint density at radius 3 is 2.07 bits per heavy atom. The number of carbonyl (C=O) groups is 3. The topological polar surface area (TPSA) is 78.5 Å². The average molecular weight is 399 g/mol. The molecule has 150 valence electrons. The summed E-state index contributed by atoms with van der Waals surface area (Å²) in [7, 11) is 0. The minimum absolute atomic E-state index is 0.375. The van der Waals surface area contributed by atoms with Gasteiger partial charge in [-0.05, 0) is 35.7 Å². The lowest BCUT2D eigenvalue weighted by Gasteiger charge is -2.28. The maximum absolute atomic E-state index is 13.5. The second kappa shape index (κ2) is 7.83. The number of rotatable bonds is 5.